The summed E-state index contributed by atoms with van der Waals surface area (Å²) in [6.07, 6.45) is 0. The first-order valence-corrected chi connectivity index (χ1v) is 9.21. The van der Waals surface area contributed by atoms with Crippen LogP contribution < -0.4 is 5.32 Å². The number of ether oxygens (including phenoxy) is 1. The minimum Gasteiger partial charge on any atom is -0.459 e. The first-order valence-electron chi connectivity index (χ1n) is 8.45. The van der Waals surface area contributed by atoms with Crippen LogP contribution in [0.1, 0.15) is 29.8 Å². The fourth-order valence-corrected chi connectivity index (χ4v) is 2.80. The highest BCUT2D eigenvalue weighted by Crippen LogP contribution is 2.25. The molecule has 0 heterocycles. The predicted molar refractivity (Wildman–Crippen MR) is 105 cm³/mol. The van der Waals surface area contributed by atoms with E-state index in [-0.39, 0.29) is 28.1 Å². The van der Waals surface area contributed by atoms with Crippen molar-refractivity contribution in [3.63, 3.8) is 0 Å². The monoisotopic (exact) mass is 442 g/mol. The van der Waals surface area contributed by atoms with Gasteiger partial charge in [-0.2, -0.15) is 0 Å². The third-order valence-corrected chi connectivity index (χ3v) is 4.67. The minimum atomic E-state index is -1.02. The summed E-state index contributed by atoms with van der Waals surface area (Å²) in [5.41, 5.74) is -0.0429. The Labute approximate surface area is 175 Å². The summed E-state index contributed by atoms with van der Waals surface area (Å²) in [5.74, 6) is -2.27. The first-order chi connectivity index (χ1) is 13.6. The number of carbonyl (C=O) groups is 2. The largest absolute Gasteiger partial charge is 0.459 e. The van der Waals surface area contributed by atoms with Crippen molar-refractivity contribution in [1.82, 2.24) is 5.32 Å². The summed E-state index contributed by atoms with van der Waals surface area (Å²) in [7, 11) is 0. The summed E-state index contributed by atoms with van der Waals surface area (Å²) in [6, 6.07) is 6.22. The number of amides is 1. The quantitative estimate of drug-likeness (QED) is 0.385. The van der Waals surface area contributed by atoms with E-state index in [1.807, 2.05) is 0 Å². The van der Waals surface area contributed by atoms with E-state index in [1.165, 1.54) is 24.3 Å². The number of nitrogens with zero attached hydrogens (tertiary/aromatic N) is 1. The van der Waals surface area contributed by atoms with Gasteiger partial charge in [-0.1, -0.05) is 43.1 Å². The molecule has 0 aliphatic heterocycles. The minimum absolute atomic E-state index is 0.0267. The van der Waals surface area contributed by atoms with Gasteiger partial charge in [-0.3, -0.25) is 14.9 Å². The molecule has 0 bridgehead atoms. The maximum atomic E-state index is 13.1. The average Bonchev–Trinajstić information content (AvgIpc) is 2.64. The lowest BCUT2D eigenvalue weighted by Gasteiger charge is -2.21. The molecule has 2 aromatic rings. The molecule has 10 heteroatoms. The van der Waals surface area contributed by atoms with Crippen LogP contribution in [0.3, 0.4) is 0 Å². The molecule has 0 saturated carbocycles. The molecule has 2 rings (SSSR count). The van der Waals surface area contributed by atoms with Gasteiger partial charge in [0.15, 0.2) is 0 Å². The molecule has 0 radical (unpaired) electrons. The molecule has 1 N–H and O–H groups in total. The molecule has 0 aliphatic carbocycles. The molecule has 154 valence electrons. The van der Waals surface area contributed by atoms with Gasteiger partial charge in [0.1, 0.15) is 23.5 Å². The van der Waals surface area contributed by atoms with Crippen molar-refractivity contribution in [1.29, 1.82) is 0 Å². The number of carbonyl (C=O) groups excluding carboxylic acids is 2. The molecule has 29 heavy (non-hydrogen) atoms. The van der Waals surface area contributed by atoms with Crippen LogP contribution in [0.4, 0.5) is 10.1 Å². The van der Waals surface area contributed by atoms with E-state index in [2.05, 4.69) is 5.32 Å². The van der Waals surface area contributed by atoms with E-state index in [9.17, 15) is 24.1 Å². The number of rotatable bonds is 7. The molecular formula is C19H17Cl2FN2O5. The third-order valence-electron chi connectivity index (χ3n) is 4.00. The zero-order valence-electron chi connectivity index (χ0n) is 15.4. The molecule has 1 amide bonds. The fourth-order valence-electron chi connectivity index (χ4n) is 2.39. The maximum Gasteiger partial charge on any atom is 0.329 e. The molecule has 0 aromatic heterocycles. The highest BCUT2D eigenvalue weighted by Gasteiger charge is 2.27. The topological polar surface area (TPSA) is 98.5 Å². The Morgan fingerprint density at radius 1 is 1.17 bits per heavy atom. The van der Waals surface area contributed by atoms with Gasteiger partial charge in [0, 0.05) is 17.2 Å². The van der Waals surface area contributed by atoms with Crippen LogP contribution in [0.25, 0.3) is 0 Å². The Morgan fingerprint density at radius 3 is 2.45 bits per heavy atom. The average molecular weight is 443 g/mol. The Kier molecular flexibility index (Phi) is 7.53. The molecular weight excluding hydrogens is 426 g/mol. The van der Waals surface area contributed by atoms with Crippen LogP contribution in [-0.2, 0) is 16.1 Å². The molecule has 2 aromatic carbocycles. The summed E-state index contributed by atoms with van der Waals surface area (Å²) < 4.78 is 18.3. The molecule has 0 spiro atoms. The van der Waals surface area contributed by atoms with Crippen molar-refractivity contribution in [2.45, 2.75) is 26.5 Å². The van der Waals surface area contributed by atoms with Crippen LogP contribution >= 0.6 is 23.2 Å². The number of nitro groups is 1. The zero-order chi connectivity index (χ0) is 21.7. The van der Waals surface area contributed by atoms with E-state index in [4.69, 9.17) is 27.9 Å². The van der Waals surface area contributed by atoms with E-state index in [0.29, 0.717) is 5.56 Å². The van der Waals surface area contributed by atoms with Crippen LogP contribution in [0.15, 0.2) is 36.4 Å². The number of benzene rings is 2. The summed E-state index contributed by atoms with van der Waals surface area (Å²) in [4.78, 5) is 35.2. The number of esters is 1. The Morgan fingerprint density at radius 2 is 1.86 bits per heavy atom. The van der Waals surface area contributed by atoms with E-state index >= 15 is 0 Å². The normalized spacial score (nSPS) is 11.8. The summed E-state index contributed by atoms with van der Waals surface area (Å²) in [6.45, 7) is 3.19. The van der Waals surface area contributed by atoms with Gasteiger partial charge in [-0.15, -0.1) is 0 Å². The number of hydrogen-bond acceptors (Lipinski definition) is 5. The molecule has 0 fully saturated rings. The SMILES string of the molecule is CC(C)[C@H](NC(=O)c1ccc(Cl)c([N+](=O)[O-])c1)C(=O)OCc1ccc(F)cc1Cl. The lowest BCUT2D eigenvalue weighted by Crippen LogP contribution is -2.45. The summed E-state index contributed by atoms with van der Waals surface area (Å²) >= 11 is 11.6. The van der Waals surface area contributed by atoms with Crippen molar-refractivity contribution < 1.29 is 23.6 Å². The van der Waals surface area contributed by atoms with Gasteiger partial charge < -0.3 is 10.1 Å². The maximum absolute atomic E-state index is 13.1. The molecule has 0 aliphatic rings. The van der Waals surface area contributed by atoms with Crippen LogP contribution in [0.2, 0.25) is 10.0 Å². The van der Waals surface area contributed by atoms with Gasteiger partial charge in [0.25, 0.3) is 11.6 Å². The highest BCUT2D eigenvalue weighted by molar-refractivity contribution is 6.32. The van der Waals surface area contributed by atoms with Crippen molar-refractivity contribution in [2.24, 2.45) is 5.92 Å². The van der Waals surface area contributed by atoms with Gasteiger partial charge in [0.2, 0.25) is 0 Å². The van der Waals surface area contributed by atoms with Gasteiger partial charge in [-0.25, -0.2) is 9.18 Å². The molecule has 7 nitrogen and oxygen atoms in total. The van der Waals surface area contributed by atoms with Crippen LogP contribution in [0.5, 0.6) is 0 Å². The smallest absolute Gasteiger partial charge is 0.329 e. The second-order valence-corrected chi connectivity index (χ2v) is 7.28. The number of nitrogens with one attached hydrogen (secondary N) is 1. The third kappa shape index (κ3) is 5.88. The number of hydrogen-bond donors (Lipinski definition) is 1. The molecule has 0 saturated heterocycles. The van der Waals surface area contributed by atoms with Crippen molar-refractivity contribution in [2.75, 3.05) is 0 Å². The van der Waals surface area contributed by atoms with Crippen LogP contribution in [-0.4, -0.2) is 22.8 Å². The highest BCUT2D eigenvalue weighted by atomic mass is 35.5. The summed E-state index contributed by atoms with van der Waals surface area (Å²) in [5, 5.41) is 13.5. The van der Waals surface area contributed by atoms with E-state index < -0.39 is 34.3 Å². The Balaban J connectivity index is 2.10. The Bertz CT molecular complexity index is 952. The fraction of sp³-hybridized carbons (Fsp3) is 0.263. The number of nitro benzene ring substituents is 1. The predicted octanol–water partition coefficient (Wildman–Crippen LogP) is 4.54. The number of halogens is 3. The second kappa shape index (κ2) is 9.67. The van der Waals surface area contributed by atoms with Gasteiger partial charge in [0.05, 0.1) is 9.95 Å². The zero-order valence-corrected chi connectivity index (χ0v) is 17.0. The van der Waals surface area contributed by atoms with Gasteiger partial charge >= 0.3 is 5.97 Å². The van der Waals surface area contributed by atoms with Crippen molar-refractivity contribution in [3.8, 4) is 0 Å². The first kappa shape index (κ1) is 22.6. The van der Waals surface area contributed by atoms with E-state index in [1.54, 1.807) is 13.8 Å². The van der Waals surface area contributed by atoms with E-state index in [0.717, 1.165) is 12.1 Å². The van der Waals surface area contributed by atoms with Crippen LogP contribution in [0, 0.1) is 21.8 Å². The second-order valence-electron chi connectivity index (χ2n) is 6.46. The Hall–Kier alpha value is -2.71. The lowest BCUT2D eigenvalue weighted by atomic mass is 10.0. The molecule has 1 atom stereocenters. The van der Waals surface area contributed by atoms with Crippen molar-refractivity contribution in [3.05, 3.63) is 73.5 Å². The van der Waals surface area contributed by atoms with Crippen molar-refractivity contribution >= 4 is 40.8 Å². The standard InChI is InChI=1S/C19H17Cl2FN2O5/c1-10(2)17(19(26)29-9-12-3-5-13(22)8-15(12)21)23-18(25)11-4-6-14(20)16(7-11)24(27)28/h3-8,10,17H,9H2,1-2H3,(H,23,25)/t17-/m0/s1. The molecule has 0 unspecified atom stereocenters. The lowest BCUT2D eigenvalue weighted by molar-refractivity contribution is -0.384. The van der Waals surface area contributed by atoms with Gasteiger partial charge in [-0.05, 0) is 30.2 Å².